The summed E-state index contributed by atoms with van der Waals surface area (Å²) in [5.41, 5.74) is -37.3. The van der Waals surface area contributed by atoms with Gasteiger partial charge in [-0.25, -0.2) is 78.8 Å². The molecule has 0 spiro atoms. The summed E-state index contributed by atoms with van der Waals surface area (Å²) in [7, 11) is -36.4. The fraction of sp³-hybridized carbons (Fsp3) is 0.389. The van der Waals surface area contributed by atoms with Gasteiger partial charge >= 0.3 is 22.0 Å². The number of nitrogens with zero attached hydrogens (tertiary/aromatic N) is 2. The summed E-state index contributed by atoms with van der Waals surface area (Å²) < 4.78 is 513. The minimum absolute atomic E-state index is 0.102. The van der Waals surface area contributed by atoms with Crippen LogP contribution in [0.4, 0.5) is 123 Å². The molecule has 5 heterocycles. The summed E-state index contributed by atoms with van der Waals surface area (Å²) >= 11 is 0. The van der Waals surface area contributed by atoms with E-state index in [1.54, 1.807) is 83.1 Å². The van der Waals surface area contributed by atoms with Gasteiger partial charge in [-0.15, -0.1) is 0 Å². The third kappa shape index (κ3) is 20.6. The van der Waals surface area contributed by atoms with Crippen LogP contribution in [0.3, 0.4) is 0 Å². The van der Waals surface area contributed by atoms with Gasteiger partial charge in [0.1, 0.15) is 0 Å². The molecule has 2 N–H and O–H groups in total. The molecule has 0 saturated heterocycles. The summed E-state index contributed by atoms with van der Waals surface area (Å²) in [6.45, 7) is 19.3. The van der Waals surface area contributed by atoms with Crippen LogP contribution in [0.5, 0.6) is 0 Å². The number of nitrogens with one attached hydrogen (secondary N) is 2. The molecule has 690 valence electrons. The van der Waals surface area contributed by atoms with E-state index in [0.717, 1.165) is 48.6 Å². The molecular weight excluding hydrogens is 1900 g/mol. The molecule has 0 unspecified atom stereocenters. The summed E-state index contributed by atoms with van der Waals surface area (Å²) in [5, 5.41) is -3.33. The van der Waals surface area contributed by atoms with Crippen molar-refractivity contribution in [3.05, 3.63) is 140 Å². The van der Waals surface area contributed by atoms with Crippen molar-refractivity contribution in [3.8, 4) is 44.5 Å². The lowest BCUT2D eigenvalue weighted by molar-refractivity contribution is -0.0522. The number of hydrogen-bond donors (Lipinski definition) is 2. The number of benzene rings is 4. The zero-order valence-corrected chi connectivity index (χ0v) is 72.7. The third-order valence-corrected chi connectivity index (χ3v) is 43.2. The van der Waals surface area contributed by atoms with Crippen molar-refractivity contribution in [3.63, 3.8) is 0 Å². The van der Waals surface area contributed by atoms with Gasteiger partial charge in [0.25, 0.3) is 0 Å². The monoisotopic (exact) mass is 1970 g/mol. The molecule has 16 nitrogen and oxygen atoms in total. The van der Waals surface area contributed by atoms with Crippen molar-refractivity contribution in [2.75, 3.05) is 73.9 Å². The number of fused-ring (bicyclic) bond motifs is 8. The molecule has 124 heavy (non-hydrogen) atoms. The van der Waals surface area contributed by atoms with Gasteiger partial charge in [0, 0.05) is 44.3 Å². The number of hydrogen-bond acceptors (Lipinski definition) is 14. The minimum Gasteiger partial charge on any atom is -0.741 e. The van der Waals surface area contributed by atoms with E-state index in [1.165, 1.54) is 0 Å². The maximum atomic E-state index is 17.6. The Kier molecular flexibility index (Phi) is 34.2. The number of aromatic nitrogens is 4. The van der Waals surface area contributed by atoms with Crippen molar-refractivity contribution in [2.45, 2.75) is 105 Å². The van der Waals surface area contributed by atoms with Crippen LogP contribution in [-0.4, -0.2) is 168 Å². The van der Waals surface area contributed by atoms with Crippen LogP contribution in [0.2, 0.25) is 0 Å². The second-order valence-corrected chi connectivity index (χ2v) is 50.4. The number of aromatic amines is 2. The number of halogens is 28. The molecule has 0 atom stereocenters. The largest absolute Gasteiger partial charge is 0.741 e. The van der Waals surface area contributed by atoms with Crippen LogP contribution in [0.25, 0.3) is 90.9 Å². The molecule has 8 bridgehead atoms. The van der Waals surface area contributed by atoms with E-state index in [4.69, 9.17) is 51.9 Å². The first-order valence-electron chi connectivity index (χ1n) is 35.8. The summed E-state index contributed by atoms with van der Waals surface area (Å²) in [6, 6.07) is 3.93. The maximum absolute atomic E-state index is 17.6. The summed E-state index contributed by atoms with van der Waals surface area (Å²) in [6.07, 6.45) is 5.00. The second kappa shape index (κ2) is 39.5. The fourth-order valence-electron chi connectivity index (χ4n) is 13.9. The number of alkyl halides is 12. The Bertz CT molecular complexity index is 5490. The zero-order chi connectivity index (χ0) is 95.8. The lowest BCUT2D eigenvalue weighted by Gasteiger charge is -2.25. The van der Waals surface area contributed by atoms with E-state index in [9.17, 15) is 52.7 Å². The quantitative estimate of drug-likeness (QED) is 0.0236. The minimum atomic E-state index is -6.09. The Morgan fingerprint density at radius 1 is 0.242 bits per heavy atom. The molecule has 0 radical (unpaired) electrons. The molecule has 52 heteroatoms. The van der Waals surface area contributed by atoms with E-state index >= 15 is 70.2 Å². The number of H-pyrrole nitrogens is 2. The Balaban J connectivity index is 0.000000718. The highest BCUT2D eigenvalue weighted by Crippen LogP contribution is 2.62. The Morgan fingerprint density at radius 3 is 0.516 bits per heavy atom. The lowest BCUT2D eigenvalue weighted by Crippen LogP contribution is -2.27. The van der Waals surface area contributed by atoms with Crippen LogP contribution >= 0.6 is 29.0 Å². The molecule has 0 fully saturated rings. The fourth-order valence-corrected chi connectivity index (χ4v) is 27.1. The SMILES string of the molecule is CC[P+](CC)(CC)c1c(F)c(F)c(-c2c3nc(c(-c4c(F)c(F)c([P+](CC)(CC)CC)c(F)c4F)c4ccc([nH]4)c(-c4c(F)c(F)c([P+](CC)(CC)CC)c(F)c4F)c4ccc([nH]4)c(-c4c(F)c(F)c([P+](CC)(CC)CC)c(F)c4F)c4nc2C=C4)C=C3)c(F)c1F.O=S(=O)([O-])C(F)(F)F.O=S(=O)([O-])C(F)(F)F.O=S(=O)([O-])C(F)(F)F.O=S(=O)([O-])C(F)(F)F. The van der Waals surface area contributed by atoms with Gasteiger partial charge in [0.15, 0.2) is 108 Å². The topological polar surface area (TPSA) is 286 Å². The van der Waals surface area contributed by atoms with E-state index in [-0.39, 0.29) is 73.9 Å². The van der Waals surface area contributed by atoms with E-state index in [0.29, 0.717) is 0 Å². The van der Waals surface area contributed by atoms with Crippen LogP contribution in [0.15, 0.2) is 24.3 Å². The van der Waals surface area contributed by atoms with Gasteiger partial charge in [-0.3, -0.25) is 0 Å². The smallest absolute Gasteiger partial charge is 0.485 e. The Labute approximate surface area is 692 Å². The number of rotatable bonds is 20. The van der Waals surface area contributed by atoms with Gasteiger partial charge in [0.2, 0.25) is 46.5 Å². The molecule has 3 aromatic heterocycles. The highest BCUT2D eigenvalue weighted by Gasteiger charge is 2.51. The molecule has 2 aliphatic rings. The molecule has 0 saturated carbocycles. The molecular formula is C72H70F28N4O12P4S4. The highest BCUT2D eigenvalue weighted by molar-refractivity contribution is 7.87. The first-order valence-corrected chi connectivity index (χ1v) is 50.8. The van der Waals surface area contributed by atoms with Crippen LogP contribution < -0.4 is 21.2 Å². The van der Waals surface area contributed by atoms with Crippen molar-refractivity contribution in [1.29, 1.82) is 0 Å². The van der Waals surface area contributed by atoms with Gasteiger partial charge in [-0.2, -0.15) is 87.8 Å². The van der Waals surface area contributed by atoms with Crippen LogP contribution in [-0.2, 0) is 40.5 Å². The van der Waals surface area contributed by atoms with Crippen LogP contribution in [0, 0.1) is 93.1 Å². The average molecular weight is 1970 g/mol. The predicted octanol–water partition coefficient (Wildman–Crippen LogP) is 20.6. The van der Waals surface area contributed by atoms with Gasteiger partial charge in [0.05, 0.1) is 148 Å². The zero-order valence-electron chi connectivity index (χ0n) is 65.9. The van der Waals surface area contributed by atoms with Gasteiger partial charge in [-0.05, 0) is 132 Å². The summed E-state index contributed by atoms with van der Waals surface area (Å²) in [5.74, 6) is -30.1. The molecule has 0 aliphatic carbocycles. The normalized spacial score (nSPS) is 13.3. The Hall–Kier alpha value is -7.12. The van der Waals surface area contributed by atoms with E-state index in [2.05, 4.69) is 19.9 Å². The molecule has 9 rings (SSSR count). The molecule has 2 aliphatic heterocycles. The van der Waals surface area contributed by atoms with Crippen molar-refractivity contribution in [1.82, 2.24) is 19.9 Å². The van der Waals surface area contributed by atoms with Gasteiger partial charge in [-0.1, -0.05) is 0 Å². The first-order chi connectivity index (χ1) is 56.7. The Morgan fingerprint density at radius 2 is 0.371 bits per heavy atom. The molecule has 0 amide bonds. The third-order valence-electron chi connectivity index (χ3n) is 21.0. The van der Waals surface area contributed by atoms with E-state index < -0.39 is 295 Å². The average Bonchev–Trinajstić information content (AvgIpc) is 1.42. The van der Waals surface area contributed by atoms with Gasteiger partial charge < -0.3 is 28.2 Å². The highest BCUT2D eigenvalue weighted by atomic mass is 32.2. The van der Waals surface area contributed by atoms with Crippen molar-refractivity contribution >= 4 is 137 Å². The molecule has 7 aromatic rings. The van der Waals surface area contributed by atoms with Crippen LogP contribution in [0.1, 0.15) is 106 Å². The van der Waals surface area contributed by atoms with E-state index in [1.807, 2.05) is 0 Å². The first kappa shape index (κ1) is 107. The predicted molar refractivity (Wildman–Crippen MR) is 416 cm³/mol. The van der Waals surface area contributed by atoms with Crippen molar-refractivity contribution in [2.24, 2.45) is 0 Å². The lowest BCUT2D eigenvalue weighted by atomic mass is 10.00. The molecule has 4 aromatic carbocycles. The standard InChI is InChI=1S/C68H70F16N4P4.4CHF3O3S/c1-13-89(14-2,15-3)65-57(77)49(69)45(50(70)58(65)78)41-33-25-27-35(85-33)42(46-51(71)59(79)66(60(80)52(46)72)90(16-4,17-5)18-6)37-29-31-39(87-37)44(48-55(75)63(83)68(64(84)56(48)76)92(22-10,23-11)24-12)40-32-30-38(88-40)43(36-28-26-34(41)86-36)47-53(73)61(81)67(62(82)54(47)74)91(19-7,20-8)21-9;4*2-1(3,4)8(5,6)7/h25-32,85-86H,13-24H2,1-12H3;4*(H,5,6,7)/q+4;;;;/p-4. The maximum Gasteiger partial charge on any atom is 0.485 e. The second-order valence-electron chi connectivity index (χ2n) is 26.4. The van der Waals surface area contributed by atoms with Crippen molar-refractivity contribution < 1.29 is 175 Å². The summed E-state index contributed by atoms with van der Waals surface area (Å²) in [4.78, 5) is 14.4.